The first-order chi connectivity index (χ1) is 22.5. The maximum Gasteiger partial charge on any atom is 0.504 e. The fourth-order valence-corrected chi connectivity index (χ4v) is 6.61. The number of alkyl halides is 3. The average molecular weight is 670 g/mol. The smallest absolute Gasteiger partial charge is 0.370 e. The van der Waals surface area contributed by atoms with E-state index in [2.05, 4.69) is 57.4 Å². The molecule has 2 N–H and O–H groups in total. The van der Waals surface area contributed by atoms with Crippen LogP contribution in [0.3, 0.4) is 0 Å². The van der Waals surface area contributed by atoms with Gasteiger partial charge in [0.05, 0.1) is 46.2 Å². The highest BCUT2D eigenvalue weighted by atomic mass is 32.2. The van der Waals surface area contributed by atoms with E-state index >= 15 is 0 Å². The SMILES string of the molecule is CN(C)CCNC1CCN(c2cc(Nc3ccnc(-c4cnn(S(=O)(=O)C5CC5)c4)n3)ncc2C#Cc2cnn(C(F)(F)F)c2)CC1. The Kier molecular flexibility index (Phi) is 9.17. The zero-order valence-corrected chi connectivity index (χ0v) is 26.6. The van der Waals surface area contributed by atoms with E-state index in [1.807, 2.05) is 20.2 Å². The Morgan fingerprint density at radius 2 is 1.79 bits per heavy atom. The number of halogens is 3. The number of anilines is 3. The molecule has 4 aromatic rings. The summed E-state index contributed by atoms with van der Waals surface area (Å²) in [6.45, 7) is 3.32. The lowest BCUT2D eigenvalue weighted by molar-refractivity contribution is -0.212. The molecule has 2 aliphatic rings. The third kappa shape index (κ3) is 7.89. The van der Waals surface area contributed by atoms with Gasteiger partial charge < -0.3 is 20.4 Å². The number of pyridine rings is 1. The topological polar surface area (TPSA) is 139 Å². The molecule has 6 rings (SSSR count). The van der Waals surface area contributed by atoms with Crippen molar-refractivity contribution in [3.05, 3.63) is 60.4 Å². The van der Waals surface area contributed by atoms with Crippen molar-refractivity contribution < 1.29 is 21.6 Å². The zero-order chi connectivity index (χ0) is 33.2. The fourth-order valence-electron chi connectivity index (χ4n) is 5.13. The molecule has 4 aromatic heterocycles. The Morgan fingerprint density at radius 3 is 2.49 bits per heavy atom. The molecule has 0 unspecified atom stereocenters. The van der Waals surface area contributed by atoms with E-state index in [-0.39, 0.29) is 16.1 Å². The minimum absolute atomic E-state index is 0.0791. The Bertz CT molecular complexity index is 1880. The summed E-state index contributed by atoms with van der Waals surface area (Å²) in [6.07, 6.45) is 6.32. The van der Waals surface area contributed by atoms with Crippen LogP contribution in [0.1, 0.15) is 36.8 Å². The molecule has 0 spiro atoms. The van der Waals surface area contributed by atoms with Gasteiger partial charge >= 0.3 is 6.30 Å². The van der Waals surface area contributed by atoms with Crippen LogP contribution >= 0.6 is 0 Å². The van der Waals surface area contributed by atoms with E-state index in [1.165, 1.54) is 12.4 Å². The standard InChI is InChI=1S/C30H34F3N11O2S/c1-41(2)14-11-34-24-8-12-42(13-9-24)26-15-28(36-17-22(26)4-3-21-16-37-43(19-21)30(31,32)33)39-27-7-10-35-29(40-27)23-18-38-44(20-23)47(45,46)25-5-6-25/h7,10,15-20,24-25,34H,5-6,8-9,11-14H2,1-2H3,(H,35,36,39,40). The van der Waals surface area contributed by atoms with Crippen molar-refractivity contribution in [2.45, 2.75) is 43.3 Å². The predicted octanol–water partition coefficient (Wildman–Crippen LogP) is 3.01. The number of aromatic nitrogens is 7. The summed E-state index contributed by atoms with van der Waals surface area (Å²) in [5, 5.41) is 13.8. The molecule has 13 nitrogen and oxygen atoms in total. The molecule has 2 fully saturated rings. The van der Waals surface area contributed by atoms with Gasteiger partial charge in [-0.2, -0.15) is 19.0 Å². The quantitative estimate of drug-likeness (QED) is 0.241. The second-order valence-electron chi connectivity index (χ2n) is 11.7. The molecule has 0 aromatic carbocycles. The Labute approximate surface area is 270 Å². The highest BCUT2D eigenvalue weighted by molar-refractivity contribution is 7.90. The van der Waals surface area contributed by atoms with Gasteiger partial charge in [0, 0.05) is 56.9 Å². The van der Waals surface area contributed by atoms with Gasteiger partial charge in [0.2, 0.25) is 0 Å². The molecule has 1 saturated heterocycles. The first-order valence-corrected chi connectivity index (χ1v) is 16.6. The molecule has 0 atom stereocenters. The molecular formula is C30H34F3N11O2S. The van der Waals surface area contributed by atoms with Gasteiger partial charge in [-0.3, -0.25) is 0 Å². The minimum Gasteiger partial charge on any atom is -0.370 e. The molecule has 0 bridgehead atoms. The zero-order valence-electron chi connectivity index (χ0n) is 25.8. The van der Waals surface area contributed by atoms with Gasteiger partial charge in [0.25, 0.3) is 10.0 Å². The van der Waals surface area contributed by atoms with Crippen molar-refractivity contribution in [3.8, 4) is 23.2 Å². The van der Waals surface area contributed by atoms with Crippen LogP contribution in [-0.4, -0.2) is 98.8 Å². The largest absolute Gasteiger partial charge is 0.504 e. The van der Waals surface area contributed by atoms with Crippen LogP contribution < -0.4 is 15.5 Å². The fraction of sp³-hybridized carbons (Fsp3) is 0.433. The van der Waals surface area contributed by atoms with Gasteiger partial charge in [-0.1, -0.05) is 11.8 Å². The van der Waals surface area contributed by atoms with Crippen LogP contribution in [0.15, 0.2) is 49.3 Å². The third-order valence-corrected chi connectivity index (χ3v) is 9.87. The number of hydrogen-bond acceptors (Lipinski definition) is 11. The van der Waals surface area contributed by atoms with E-state index < -0.39 is 21.6 Å². The number of hydrogen-bond donors (Lipinski definition) is 2. The molecule has 1 aliphatic heterocycles. The number of likely N-dealkylation sites (N-methyl/N-ethyl adjacent to an activating group) is 1. The molecule has 0 amide bonds. The normalized spacial score (nSPS) is 15.9. The van der Waals surface area contributed by atoms with Gasteiger partial charge in [0.15, 0.2) is 5.82 Å². The molecule has 1 saturated carbocycles. The molecule has 248 valence electrons. The van der Waals surface area contributed by atoms with E-state index in [0.717, 1.165) is 61.2 Å². The summed E-state index contributed by atoms with van der Waals surface area (Å²) in [7, 11) is 0.550. The lowest BCUT2D eigenvalue weighted by Gasteiger charge is -2.35. The van der Waals surface area contributed by atoms with Gasteiger partial charge in [0.1, 0.15) is 11.6 Å². The molecular weight excluding hydrogens is 635 g/mol. The van der Waals surface area contributed by atoms with Gasteiger partial charge in [-0.05, 0) is 45.8 Å². The van der Waals surface area contributed by atoms with Crippen LogP contribution in [-0.2, 0) is 16.3 Å². The van der Waals surface area contributed by atoms with Crippen LogP contribution in [0, 0.1) is 11.8 Å². The molecule has 0 radical (unpaired) electrons. The summed E-state index contributed by atoms with van der Waals surface area (Å²) in [5.74, 6) is 6.97. The summed E-state index contributed by atoms with van der Waals surface area (Å²) in [5.41, 5.74) is 1.92. The Morgan fingerprint density at radius 1 is 1.00 bits per heavy atom. The van der Waals surface area contributed by atoms with E-state index in [4.69, 9.17) is 0 Å². The number of nitrogens with zero attached hydrogens (tertiary/aromatic N) is 9. The lowest BCUT2D eigenvalue weighted by atomic mass is 10.0. The van der Waals surface area contributed by atoms with Crippen molar-refractivity contribution in [2.75, 3.05) is 50.5 Å². The second-order valence-corrected chi connectivity index (χ2v) is 13.8. The van der Waals surface area contributed by atoms with Gasteiger partial charge in [-0.25, -0.2) is 23.4 Å². The van der Waals surface area contributed by atoms with Crippen LogP contribution in [0.4, 0.5) is 30.5 Å². The van der Waals surface area contributed by atoms with Crippen LogP contribution in [0.25, 0.3) is 11.4 Å². The molecule has 17 heteroatoms. The van der Waals surface area contributed by atoms with Crippen molar-refractivity contribution in [2.24, 2.45) is 0 Å². The highest BCUT2D eigenvalue weighted by Crippen LogP contribution is 2.31. The van der Waals surface area contributed by atoms with Gasteiger partial charge in [-0.15, -0.1) is 13.2 Å². The average Bonchev–Trinajstić information content (AvgIpc) is 3.58. The highest BCUT2D eigenvalue weighted by Gasteiger charge is 2.37. The van der Waals surface area contributed by atoms with E-state index in [9.17, 15) is 21.6 Å². The van der Waals surface area contributed by atoms with Crippen LogP contribution in [0.5, 0.6) is 0 Å². The van der Waals surface area contributed by atoms with Crippen molar-refractivity contribution in [3.63, 3.8) is 0 Å². The monoisotopic (exact) mass is 669 g/mol. The summed E-state index contributed by atoms with van der Waals surface area (Å²) in [4.78, 5) is 17.7. The lowest BCUT2D eigenvalue weighted by Crippen LogP contribution is -2.44. The Balaban J connectivity index is 1.23. The van der Waals surface area contributed by atoms with E-state index in [0.29, 0.717) is 41.6 Å². The van der Waals surface area contributed by atoms with E-state index in [1.54, 1.807) is 18.5 Å². The maximum absolute atomic E-state index is 13.0. The summed E-state index contributed by atoms with van der Waals surface area (Å²) >= 11 is 0. The second kappa shape index (κ2) is 13.3. The molecule has 1 aliphatic carbocycles. The summed E-state index contributed by atoms with van der Waals surface area (Å²) < 4.78 is 65.1. The molecule has 47 heavy (non-hydrogen) atoms. The number of rotatable bonds is 10. The first kappa shape index (κ1) is 32.4. The number of piperidine rings is 1. The van der Waals surface area contributed by atoms with Crippen molar-refractivity contribution in [1.29, 1.82) is 0 Å². The maximum atomic E-state index is 13.0. The predicted molar refractivity (Wildman–Crippen MR) is 169 cm³/mol. The van der Waals surface area contributed by atoms with Crippen molar-refractivity contribution in [1.82, 2.24) is 44.1 Å². The Hall–Kier alpha value is -4.53. The third-order valence-electron chi connectivity index (χ3n) is 7.83. The summed E-state index contributed by atoms with van der Waals surface area (Å²) in [6, 6.07) is 3.87. The molecule has 5 heterocycles. The van der Waals surface area contributed by atoms with Crippen molar-refractivity contribution >= 4 is 27.3 Å². The first-order valence-electron chi connectivity index (χ1n) is 15.1. The number of nitrogens with one attached hydrogen (secondary N) is 2. The van der Waals surface area contributed by atoms with Crippen LogP contribution in [0.2, 0.25) is 0 Å². The minimum atomic E-state index is -4.62.